The average molecular weight is 455 g/mol. The molecule has 1 aliphatic heterocycles. The summed E-state index contributed by atoms with van der Waals surface area (Å²) < 4.78 is 23.9. The molecule has 0 unspecified atom stereocenters. The lowest BCUT2D eigenvalue weighted by atomic mass is 10.2. The van der Waals surface area contributed by atoms with Crippen molar-refractivity contribution >= 4 is 11.6 Å². The first-order valence-electron chi connectivity index (χ1n) is 10.2. The van der Waals surface area contributed by atoms with E-state index in [-0.39, 0.29) is 5.82 Å². The van der Waals surface area contributed by atoms with Crippen molar-refractivity contribution in [2.24, 2.45) is 0 Å². The molecule has 8 nitrogen and oxygen atoms in total. The molecule has 0 aliphatic carbocycles. The third-order valence-corrected chi connectivity index (χ3v) is 5.58. The highest BCUT2D eigenvalue weighted by Gasteiger charge is 2.21. The lowest BCUT2D eigenvalue weighted by molar-refractivity contribution is 0.103. The van der Waals surface area contributed by atoms with Gasteiger partial charge in [-0.05, 0) is 48.5 Å². The maximum absolute atomic E-state index is 13.1. The van der Waals surface area contributed by atoms with Crippen LogP contribution in [0.15, 0.2) is 57.6 Å². The molecule has 4 aromatic rings. The quantitative estimate of drug-likeness (QED) is 0.433. The highest BCUT2D eigenvalue weighted by molar-refractivity contribution is 6.30. The third-order valence-electron chi connectivity index (χ3n) is 5.32. The molecule has 10 heteroatoms. The monoisotopic (exact) mass is 454 g/mol. The zero-order valence-corrected chi connectivity index (χ0v) is 17.9. The van der Waals surface area contributed by atoms with Gasteiger partial charge in [0.15, 0.2) is 0 Å². The van der Waals surface area contributed by atoms with Gasteiger partial charge in [-0.1, -0.05) is 21.9 Å². The van der Waals surface area contributed by atoms with Crippen molar-refractivity contribution in [3.05, 3.63) is 71.2 Å². The highest BCUT2D eigenvalue weighted by Crippen LogP contribution is 2.20. The Morgan fingerprint density at radius 3 is 1.62 bits per heavy atom. The lowest BCUT2D eigenvalue weighted by Gasteiger charge is -2.32. The normalized spacial score (nSPS) is 15.3. The minimum absolute atomic E-state index is 0.294. The van der Waals surface area contributed by atoms with Crippen LogP contribution in [0.5, 0.6) is 0 Å². The van der Waals surface area contributed by atoms with Crippen molar-refractivity contribution < 1.29 is 13.4 Å². The van der Waals surface area contributed by atoms with Gasteiger partial charge >= 0.3 is 0 Å². The second-order valence-electron chi connectivity index (χ2n) is 7.59. The minimum atomic E-state index is -0.294. The van der Waals surface area contributed by atoms with Gasteiger partial charge in [-0.2, -0.15) is 9.97 Å². The molecule has 1 saturated heterocycles. The van der Waals surface area contributed by atoms with Crippen molar-refractivity contribution in [1.82, 2.24) is 30.1 Å². The van der Waals surface area contributed by atoms with Gasteiger partial charge in [-0.15, -0.1) is 0 Å². The van der Waals surface area contributed by atoms with Gasteiger partial charge in [0, 0.05) is 42.3 Å². The molecular weight excluding hydrogens is 435 g/mol. The minimum Gasteiger partial charge on any atom is -0.338 e. The number of aromatic nitrogens is 4. The molecule has 1 fully saturated rings. The molecule has 32 heavy (non-hydrogen) atoms. The Morgan fingerprint density at radius 2 is 1.16 bits per heavy atom. The van der Waals surface area contributed by atoms with E-state index in [4.69, 9.17) is 20.6 Å². The zero-order chi connectivity index (χ0) is 21.9. The fourth-order valence-corrected chi connectivity index (χ4v) is 3.68. The third kappa shape index (κ3) is 4.85. The van der Waals surface area contributed by atoms with E-state index in [1.807, 2.05) is 12.1 Å². The van der Waals surface area contributed by atoms with Crippen LogP contribution >= 0.6 is 11.6 Å². The van der Waals surface area contributed by atoms with Crippen LogP contribution < -0.4 is 0 Å². The number of piperazine rings is 1. The van der Waals surface area contributed by atoms with Crippen LogP contribution in [0, 0.1) is 5.82 Å². The van der Waals surface area contributed by atoms with Gasteiger partial charge < -0.3 is 9.05 Å². The SMILES string of the molecule is Fc1ccc(-c2noc(CN3CCN(Cc4nc(-c5ccc(Cl)cc5)no4)CC3)n2)cc1. The molecule has 0 N–H and O–H groups in total. The average Bonchev–Trinajstić information content (AvgIpc) is 3.46. The molecule has 0 atom stereocenters. The van der Waals surface area contributed by atoms with Crippen LogP contribution in [0.2, 0.25) is 5.02 Å². The van der Waals surface area contributed by atoms with Crippen LogP contribution in [0.25, 0.3) is 22.8 Å². The van der Waals surface area contributed by atoms with E-state index in [2.05, 4.69) is 30.1 Å². The largest absolute Gasteiger partial charge is 0.338 e. The standard InChI is InChI=1S/C22H20ClFN6O2/c23-17-5-1-15(2-6-17)21-25-19(31-27-21)13-29-9-11-30(12-10-29)14-20-26-22(28-32-20)16-3-7-18(24)8-4-16/h1-8H,9-14H2. The molecule has 2 aromatic carbocycles. The molecule has 0 spiro atoms. The maximum atomic E-state index is 13.1. The Morgan fingerprint density at radius 1 is 0.719 bits per heavy atom. The summed E-state index contributed by atoms with van der Waals surface area (Å²) in [4.78, 5) is 13.5. The van der Waals surface area contributed by atoms with Crippen molar-refractivity contribution in [2.45, 2.75) is 13.1 Å². The van der Waals surface area contributed by atoms with E-state index in [9.17, 15) is 4.39 Å². The van der Waals surface area contributed by atoms with E-state index in [1.54, 1.807) is 24.3 Å². The molecule has 2 aromatic heterocycles. The number of hydrogen-bond donors (Lipinski definition) is 0. The van der Waals surface area contributed by atoms with E-state index in [0.717, 1.165) is 37.3 Å². The van der Waals surface area contributed by atoms with Gasteiger partial charge in [0.2, 0.25) is 23.4 Å². The molecule has 164 valence electrons. The van der Waals surface area contributed by atoms with Crippen LogP contribution in [0.4, 0.5) is 4.39 Å². The fraction of sp³-hybridized carbons (Fsp3) is 0.273. The van der Waals surface area contributed by atoms with E-state index < -0.39 is 0 Å². The van der Waals surface area contributed by atoms with Crippen LogP contribution in [0.1, 0.15) is 11.8 Å². The van der Waals surface area contributed by atoms with Crippen LogP contribution in [0.3, 0.4) is 0 Å². The first-order valence-corrected chi connectivity index (χ1v) is 10.6. The van der Waals surface area contributed by atoms with E-state index >= 15 is 0 Å². The Labute approximate surface area is 188 Å². The smallest absolute Gasteiger partial charge is 0.241 e. The summed E-state index contributed by atoms with van der Waals surface area (Å²) >= 11 is 5.93. The number of rotatable bonds is 6. The highest BCUT2D eigenvalue weighted by atomic mass is 35.5. The molecule has 1 aliphatic rings. The summed E-state index contributed by atoms with van der Waals surface area (Å²) in [5, 5.41) is 8.74. The van der Waals surface area contributed by atoms with Gasteiger partial charge in [0.1, 0.15) is 5.82 Å². The predicted octanol–water partition coefficient (Wildman–Crippen LogP) is 3.90. The number of benzene rings is 2. The fourth-order valence-electron chi connectivity index (χ4n) is 3.56. The number of halogens is 2. The summed E-state index contributed by atoms with van der Waals surface area (Å²) in [6, 6.07) is 13.4. The van der Waals surface area contributed by atoms with E-state index in [1.165, 1.54) is 12.1 Å². The van der Waals surface area contributed by atoms with Crippen molar-refractivity contribution in [3.8, 4) is 22.8 Å². The summed E-state index contributed by atoms with van der Waals surface area (Å²) in [7, 11) is 0. The molecular formula is C22H20ClFN6O2. The van der Waals surface area contributed by atoms with Crippen molar-refractivity contribution in [1.29, 1.82) is 0 Å². The van der Waals surface area contributed by atoms with E-state index in [0.29, 0.717) is 41.5 Å². The maximum Gasteiger partial charge on any atom is 0.241 e. The predicted molar refractivity (Wildman–Crippen MR) is 115 cm³/mol. The van der Waals surface area contributed by atoms with Gasteiger partial charge in [0.05, 0.1) is 13.1 Å². The van der Waals surface area contributed by atoms with Gasteiger partial charge in [0.25, 0.3) is 0 Å². The summed E-state index contributed by atoms with van der Waals surface area (Å²) in [5.74, 6) is 1.86. The Kier molecular flexibility index (Phi) is 5.93. The Bertz CT molecular complexity index is 1080. The van der Waals surface area contributed by atoms with Crippen LogP contribution in [-0.2, 0) is 13.1 Å². The summed E-state index contributed by atoms with van der Waals surface area (Å²) in [6.45, 7) is 4.60. The van der Waals surface area contributed by atoms with Crippen molar-refractivity contribution in [3.63, 3.8) is 0 Å². The molecule has 0 radical (unpaired) electrons. The zero-order valence-electron chi connectivity index (χ0n) is 17.1. The first kappa shape index (κ1) is 20.7. The first-order chi connectivity index (χ1) is 15.6. The molecule has 0 bridgehead atoms. The summed E-state index contributed by atoms with van der Waals surface area (Å²) in [5.41, 5.74) is 1.59. The van der Waals surface area contributed by atoms with Gasteiger partial charge in [-0.3, -0.25) is 9.80 Å². The van der Waals surface area contributed by atoms with Gasteiger partial charge in [-0.25, -0.2) is 4.39 Å². The molecule has 5 rings (SSSR count). The number of hydrogen-bond acceptors (Lipinski definition) is 8. The molecule has 0 saturated carbocycles. The van der Waals surface area contributed by atoms with Crippen LogP contribution in [-0.4, -0.2) is 56.3 Å². The van der Waals surface area contributed by atoms with Crippen molar-refractivity contribution in [2.75, 3.05) is 26.2 Å². The number of nitrogens with zero attached hydrogens (tertiary/aromatic N) is 6. The Hall–Kier alpha value is -3.14. The lowest BCUT2D eigenvalue weighted by Crippen LogP contribution is -2.45. The molecule has 0 amide bonds. The second kappa shape index (κ2) is 9.15. The topological polar surface area (TPSA) is 84.3 Å². The molecule has 3 heterocycles. The second-order valence-corrected chi connectivity index (χ2v) is 8.03. The Balaban J connectivity index is 1.13. The summed E-state index contributed by atoms with van der Waals surface area (Å²) in [6.07, 6.45) is 0.